The molecular weight excluding hydrogens is 268 g/mol. The lowest BCUT2D eigenvalue weighted by Gasteiger charge is -2.05. The fourth-order valence-corrected chi connectivity index (χ4v) is 3.22. The van der Waals surface area contributed by atoms with Gasteiger partial charge in [0.25, 0.3) is 0 Å². The maximum atomic E-state index is 11.7. The normalized spacial score (nSPS) is 10.8. The maximum Gasteiger partial charge on any atom is 0.220 e. The molecule has 0 atom stereocenters. The van der Waals surface area contributed by atoms with Crippen LogP contribution in [0.4, 0.5) is 0 Å². The summed E-state index contributed by atoms with van der Waals surface area (Å²) in [6.45, 7) is 4.57. The fourth-order valence-electron chi connectivity index (χ4n) is 2.22. The summed E-state index contributed by atoms with van der Waals surface area (Å²) in [5.41, 5.74) is 1.37. The molecule has 1 heterocycles. The number of nitrogens with one attached hydrogen (secondary N) is 2. The Hall–Kier alpha value is -1.39. The van der Waals surface area contributed by atoms with E-state index in [-0.39, 0.29) is 5.91 Å². The molecular formula is C16H22N2OS. The molecule has 1 amide bonds. The molecule has 0 saturated carbocycles. The van der Waals surface area contributed by atoms with Gasteiger partial charge in [0, 0.05) is 24.2 Å². The van der Waals surface area contributed by atoms with E-state index >= 15 is 0 Å². The van der Waals surface area contributed by atoms with Gasteiger partial charge in [-0.25, -0.2) is 0 Å². The average molecular weight is 290 g/mol. The zero-order valence-corrected chi connectivity index (χ0v) is 12.8. The van der Waals surface area contributed by atoms with Crippen molar-refractivity contribution in [2.45, 2.75) is 26.2 Å². The Labute approximate surface area is 124 Å². The first-order valence-electron chi connectivity index (χ1n) is 7.23. The van der Waals surface area contributed by atoms with E-state index in [1.54, 1.807) is 11.3 Å². The molecule has 0 saturated heterocycles. The Kier molecular flexibility index (Phi) is 6.02. The van der Waals surface area contributed by atoms with Gasteiger partial charge in [-0.2, -0.15) is 0 Å². The second kappa shape index (κ2) is 8.02. The number of benzene rings is 1. The number of likely N-dealkylation sites (N-methyl/N-ethyl adjacent to an activating group) is 1. The molecule has 1 aromatic heterocycles. The van der Waals surface area contributed by atoms with Gasteiger partial charge >= 0.3 is 0 Å². The largest absolute Gasteiger partial charge is 0.355 e. The molecule has 0 fully saturated rings. The highest BCUT2D eigenvalue weighted by atomic mass is 32.1. The Morgan fingerprint density at radius 2 is 2.10 bits per heavy atom. The van der Waals surface area contributed by atoms with Crippen molar-refractivity contribution in [2.75, 3.05) is 19.6 Å². The van der Waals surface area contributed by atoms with Gasteiger partial charge in [-0.15, -0.1) is 11.3 Å². The molecule has 0 unspecified atom stereocenters. The SMILES string of the molecule is CCNCCNC(=O)CCCc1csc2ccccc12. The molecule has 0 aliphatic carbocycles. The van der Waals surface area contributed by atoms with Crippen molar-refractivity contribution in [2.24, 2.45) is 0 Å². The highest BCUT2D eigenvalue weighted by Gasteiger charge is 2.05. The van der Waals surface area contributed by atoms with Crippen molar-refractivity contribution < 1.29 is 4.79 Å². The summed E-state index contributed by atoms with van der Waals surface area (Å²) in [6, 6.07) is 8.46. The highest BCUT2D eigenvalue weighted by Crippen LogP contribution is 2.26. The van der Waals surface area contributed by atoms with Gasteiger partial charge in [0.1, 0.15) is 0 Å². The minimum absolute atomic E-state index is 0.155. The topological polar surface area (TPSA) is 41.1 Å². The lowest BCUT2D eigenvalue weighted by molar-refractivity contribution is -0.121. The number of carbonyl (C=O) groups excluding carboxylic acids is 1. The van der Waals surface area contributed by atoms with E-state index in [0.29, 0.717) is 13.0 Å². The molecule has 108 valence electrons. The molecule has 0 bridgehead atoms. The van der Waals surface area contributed by atoms with E-state index in [1.165, 1.54) is 15.6 Å². The highest BCUT2D eigenvalue weighted by molar-refractivity contribution is 7.17. The van der Waals surface area contributed by atoms with Gasteiger partial charge in [-0.05, 0) is 41.8 Å². The molecule has 20 heavy (non-hydrogen) atoms. The molecule has 0 radical (unpaired) electrons. The average Bonchev–Trinajstić information content (AvgIpc) is 2.87. The smallest absolute Gasteiger partial charge is 0.220 e. The van der Waals surface area contributed by atoms with E-state index in [4.69, 9.17) is 0 Å². The van der Waals surface area contributed by atoms with Crippen LogP contribution in [0.1, 0.15) is 25.3 Å². The van der Waals surface area contributed by atoms with Gasteiger partial charge in [0.05, 0.1) is 0 Å². The van der Waals surface area contributed by atoms with Crippen molar-refractivity contribution in [3.63, 3.8) is 0 Å². The quantitative estimate of drug-likeness (QED) is 0.734. The van der Waals surface area contributed by atoms with Crippen LogP contribution in [0.3, 0.4) is 0 Å². The minimum Gasteiger partial charge on any atom is -0.355 e. The zero-order chi connectivity index (χ0) is 14.2. The predicted molar refractivity (Wildman–Crippen MR) is 86.3 cm³/mol. The standard InChI is InChI=1S/C16H22N2OS/c1-2-17-10-11-18-16(19)9-5-6-13-12-20-15-8-4-3-7-14(13)15/h3-4,7-8,12,17H,2,5-6,9-11H2,1H3,(H,18,19). The van der Waals surface area contributed by atoms with Gasteiger partial charge < -0.3 is 10.6 Å². The number of hydrogen-bond acceptors (Lipinski definition) is 3. The maximum absolute atomic E-state index is 11.7. The number of carbonyl (C=O) groups is 1. The van der Waals surface area contributed by atoms with E-state index < -0.39 is 0 Å². The molecule has 4 heteroatoms. The number of thiophene rings is 1. The Balaban J connectivity index is 1.71. The van der Waals surface area contributed by atoms with Crippen LogP contribution >= 0.6 is 11.3 Å². The monoisotopic (exact) mass is 290 g/mol. The number of rotatable bonds is 8. The van der Waals surface area contributed by atoms with Crippen LogP contribution in [0.25, 0.3) is 10.1 Å². The first-order valence-corrected chi connectivity index (χ1v) is 8.11. The summed E-state index contributed by atoms with van der Waals surface area (Å²) >= 11 is 1.78. The first kappa shape index (κ1) is 15.0. The third-order valence-electron chi connectivity index (χ3n) is 3.29. The van der Waals surface area contributed by atoms with Crippen LogP contribution in [0.2, 0.25) is 0 Å². The first-order chi connectivity index (χ1) is 9.81. The summed E-state index contributed by atoms with van der Waals surface area (Å²) in [4.78, 5) is 11.7. The van der Waals surface area contributed by atoms with Crippen molar-refractivity contribution >= 4 is 27.3 Å². The summed E-state index contributed by atoms with van der Waals surface area (Å²) in [6.07, 6.45) is 2.49. The number of hydrogen-bond donors (Lipinski definition) is 2. The van der Waals surface area contributed by atoms with Crippen LogP contribution in [-0.4, -0.2) is 25.5 Å². The number of amides is 1. The molecule has 0 aliphatic rings. The Morgan fingerprint density at radius 1 is 1.25 bits per heavy atom. The zero-order valence-electron chi connectivity index (χ0n) is 11.9. The summed E-state index contributed by atoms with van der Waals surface area (Å²) in [7, 11) is 0. The van der Waals surface area contributed by atoms with Gasteiger partial charge in [-0.3, -0.25) is 4.79 Å². The predicted octanol–water partition coefficient (Wildman–Crippen LogP) is 2.95. The van der Waals surface area contributed by atoms with Crippen LogP contribution in [-0.2, 0) is 11.2 Å². The van der Waals surface area contributed by atoms with Gasteiger partial charge in [-0.1, -0.05) is 25.1 Å². The second-order valence-corrected chi connectivity index (χ2v) is 5.73. The molecule has 2 aromatic rings. The Morgan fingerprint density at radius 3 is 2.95 bits per heavy atom. The second-order valence-electron chi connectivity index (χ2n) is 4.81. The van der Waals surface area contributed by atoms with Crippen molar-refractivity contribution in [3.8, 4) is 0 Å². The van der Waals surface area contributed by atoms with Crippen LogP contribution in [0, 0.1) is 0 Å². The fraction of sp³-hybridized carbons (Fsp3) is 0.438. The van der Waals surface area contributed by atoms with E-state index in [2.05, 4.69) is 47.2 Å². The summed E-state index contributed by atoms with van der Waals surface area (Å²) in [5.74, 6) is 0.155. The number of aryl methyl sites for hydroxylation is 1. The summed E-state index contributed by atoms with van der Waals surface area (Å²) < 4.78 is 1.33. The van der Waals surface area contributed by atoms with Crippen molar-refractivity contribution in [1.82, 2.24) is 10.6 Å². The molecule has 1 aromatic carbocycles. The van der Waals surface area contributed by atoms with Crippen LogP contribution in [0.15, 0.2) is 29.6 Å². The molecule has 2 rings (SSSR count). The van der Waals surface area contributed by atoms with E-state index in [0.717, 1.165) is 25.9 Å². The third kappa shape index (κ3) is 4.32. The molecule has 0 aliphatic heterocycles. The van der Waals surface area contributed by atoms with Crippen LogP contribution < -0.4 is 10.6 Å². The van der Waals surface area contributed by atoms with E-state index in [9.17, 15) is 4.79 Å². The minimum atomic E-state index is 0.155. The molecule has 3 nitrogen and oxygen atoms in total. The van der Waals surface area contributed by atoms with Gasteiger partial charge in [0.2, 0.25) is 5.91 Å². The summed E-state index contributed by atoms with van der Waals surface area (Å²) in [5, 5.41) is 9.68. The Bertz CT molecular complexity index is 550. The molecule has 0 spiro atoms. The molecule has 2 N–H and O–H groups in total. The lowest BCUT2D eigenvalue weighted by Crippen LogP contribution is -2.31. The number of fused-ring (bicyclic) bond motifs is 1. The van der Waals surface area contributed by atoms with Crippen molar-refractivity contribution in [1.29, 1.82) is 0 Å². The van der Waals surface area contributed by atoms with E-state index in [1.807, 2.05) is 0 Å². The van der Waals surface area contributed by atoms with Crippen molar-refractivity contribution in [3.05, 3.63) is 35.2 Å². The lowest BCUT2D eigenvalue weighted by atomic mass is 10.1. The van der Waals surface area contributed by atoms with Crippen LogP contribution in [0.5, 0.6) is 0 Å². The van der Waals surface area contributed by atoms with Gasteiger partial charge in [0.15, 0.2) is 0 Å². The third-order valence-corrected chi connectivity index (χ3v) is 4.30.